The maximum atomic E-state index is 12.1. The van der Waals surface area contributed by atoms with Crippen molar-refractivity contribution in [3.63, 3.8) is 0 Å². The van der Waals surface area contributed by atoms with Crippen LogP contribution >= 0.6 is 11.8 Å². The maximum absolute atomic E-state index is 12.1. The van der Waals surface area contributed by atoms with Crippen molar-refractivity contribution in [2.45, 2.75) is 43.3 Å². The van der Waals surface area contributed by atoms with E-state index in [1.54, 1.807) is 0 Å². The number of benzene rings is 1. The van der Waals surface area contributed by atoms with Crippen molar-refractivity contribution >= 4 is 23.4 Å². The predicted octanol–water partition coefficient (Wildman–Crippen LogP) is 3.16. The van der Waals surface area contributed by atoms with Crippen LogP contribution in [0.2, 0.25) is 0 Å². The first-order chi connectivity index (χ1) is 9.54. The maximum Gasteiger partial charge on any atom is 0.220 e. The number of hydrogen-bond acceptors (Lipinski definition) is 3. The Bertz CT molecular complexity index is 449. The van der Waals surface area contributed by atoms with Crippen LogP contribution in [0, 0.1) is 0 Å². The molecule has 0 aromatic heterocycles. The molecule has 3 N–H and O–H groups in total. The van der Waals surface area contributed by atoms with Crippen LogP contribution < -0.4 is 11.1 Å². The Morgan fingerprint density at radius 2 is 2.05 bits per heavy atom. The van der Waals surface area contributed by atoms with Gasteiger partial charge < -0.3 is 11.1 Å². The molecule has 1 aliphatic carbocycles. The van der Waals surface area contributed by atoms with Gasteiger partial charge in [0.05, 0.1) is 0 Å². The van der Waals surface area contributed by atoms with Crippen molar-refractivity contribution < 1.29 is 4.79 Å². The summed E-state index contributed by atoms with van der Waals surface area (Å²) in [6, 6.07) is 7.78. The molecule has 1 atom stereocenters. The van der Waals surface area contributed by atoms with Gasteiger partial charge in [0.2, 0.25) is 5.91 Å². The molecule has 0 radical (unpaired) electrons. The number of carbonyl (C=O) groups excluding carboxylic acids is 1. The van der Waals surface area contributed by atoms with Crippen LogP contribution in [0.4, 0.5) is 5.69 Å². The van der Waals surface area contributed by atoms with Crippen LogP contribution in [0.1, 0.15) is 44.1 Å². The summed E-state index contributed by atoms with van der Waals surface area (Å²) in [7, 11) is 0. The first kappa shape index (κ1) is 15.2. The highest BCUT2D eigenvalue weighted by molar-refractivity contribution is 8.00. The van der Waals surface area contributed by atoms with E-state index in [-0.39, 0.29) is 11.8 Å². The van der Waals surface area contributed by atoms with Gasteiger partial charge in [-0.05, 0) is 42.7 Å². The second-order valence-electron chi connectivity index (χ2n) is 5.79. The molecular weight excluding hydrogens is 268 g/mol. The molecule has 0 spiro atoms. The van der Waals surface area contributed by atoms with Gasteiger partial charge >= 0.3 is 0 Å². The minimum atomic E-state index is 0.148. The van der Waals surface area contributed by atoms with E-state index in [9.17, 15) is 4.79 Å². The van der Waals surface area contributed by atoms with Crippen molar-refractivity contribution in [1.82, 2.24) is 5.32 Å². The molecule has 0 saturated heterocycles. The van der Waals surface area contributed by atoms with E-state index in [1.807, 2.05) is 36.0 Å². The van der Waals surface area contributed by atoms with Crippen molar-refractivity contribution in [1.29, 1.82) is 0 Å². The lowest BCUT2D eigenvalue weighted by atomic mass is 9.84. The molecular formula is C16H24N2OS. The van der Waals surface area contributed by atoms with Crippen LogP contribution in [0.15, 0.2) is 24.3 Å². The number of rotatable bonds is 6. The number of carbonyl (C=O) groups is 1. The topological polar surface area (TPSA) is 55.1 Å². The molecule has 1 aliphatic rings. The van der Waals surface area contributed by atoms with E-state index in [0.29, 0.717) is 11.2 Å². The molecule has 0 bridgehead atoms. The normalized spacial score (nSPS) is 18.1. The van der Waals surface area contributed by atoms with Gasteiger partial charge in [-0.15, -0.1) is 0 Å². The molecule has 20 heavy (non-hydrogen) atoms. The number of amides is 1. The number of thioether (sulfide) groups is 1. The van der Waals surface area contributed by atoms with Crippen LogP contribution in [0.5, 0.6) is 0 Å². The summed E-state index contributed by atoms with van der Waals surface area (Å²) in [5.74, 6) is 0.372. The molecule has 3 nitrogen and oxygen atoms in total. The molecule has 110 valence electrons. The summed E-state index contributed by atoms with van der Waals surface area (Å²) < 4.78 is 0.306. The third-order valence-corrected chi connectivity index (χ3v) is 5.72. The number of anilines is 1. The van der Waals surface area contributed by atoms with Gasteiger partial charge in [0, 0.05) is 23.4 Å². The average Bonchev–Trinajstić information content (AvgIpc) is 2.38. The van der Waals surface area contributed by atoms with Gasteiger partial charge in [-0.3, -0.25) is 4.79 Å². The Hall–Kier alpha value is -1.16. The lowest BCUT2D eigenvalue weighted by Crippen LogP contribution is -2.45. The van der Waals surface area contributed by atoms with Crippen LogP contribution in [0.25, 0.3) is 0 Å². The molecule has 4 heteroatoms. The SMILES string of the molecule is CSC1(CNC(=O)CC(C)c2ccc(N)cc2)CCC1. The highest BCUT2D eigenvalue weighted by atomic mass is 32.2. The van der Waals surface area contributed by atoms with E-state index < -0.39 is 0 Å². The van der Waals surface area contributed by atoms with Crippen molar-refractivity contribution in [2.24, 2.45) is 0 Å². The molecule has 0 aliphatic heterocycles. The standard InChI is InChI=1S/C16H24N2OS/c1-12(13-4-6-14(17)7-5-13)10-15(19)18-11-16(20-2)8-3-9-16/h4-7,12H,3,8-11,17H2,1-2H3,(H,18,19). The molecule has 1 aromatic carbocycles. The van der Waals surface area contributed by atoms with Crippen LogP contribution in [-0.4, -0.2) is 23.5 Å². The number of nitrogens with two attached hydrogens (primary N) is 1. The predicted molar refractivity (Wildman–Crippen MR) is 87.0 cm³/mol. The number of nitrogen functional groups attached to an aromatic ring is 1. The molecule has 0 heterocycles. The van der Waals surface area contributed by atoms with Crippen molar-refractivity contribution in [2.75, 3.05) is 18.5 Å². The Kier molecular flexibility index (Phi) is 4.97. The number of nitrogens with one attached hydrogen (secondary N) is 1. The van der Waals surface area contributed by atoms with E-state index in [1.165, 1.54) is 19.3 Å². The van der Waals surface area contributed by atoms with Crippen molar-refractivity contribution in [3.05, 3.63) is 29.8 Å². The Morgan fingerprint density at radius 3 is 2.55 bits per heavy atom. The fourth-order valence-corrected chi connectivity index (χ4v) is 3.49. The summed E-state index contributed by atoms with van der Waals surface area (Å²) in [5.41, 5.74) is 7.60. The minimum absolute atomic E-state index is 0.148. The van der Waals surface area contributed by atoms with Gasteiger partial charge in [-0.25, -0.2) is 0 Å². The van der Waals surface area contributed by atoms with E-state index in [0.717, 1.165) is 17.8 Å². The summed E-state index contributed by atoms with van der Waals surface area (Å²) >= 11 is 1.89. The Balaban J connectivity index is 1.80. The average molecular weight is 292 g/mol. The minimum Gasteiger partial charge on any atom is -0.399 e. The van der Waals surface area contributed by atoms with Gasteiger partial charge in [-0.1, -0.05) is 25.5 Å². The second-order valence-corrected chi connectivity index (χ2v) is 7.06. The molecule has 1 aromatic rings. The molecule has 2 rings (SSSR count). The van der Waals surface area contributed by atoms with Gasteiger partial charge in [0.25, 0.3) is 0 Å². The van der Waals surface area contributed by atoms with E-state index >= 15 is 0 Å². The van der Waals surface area contributed by atoms with Crippen LogP contribution in [0.3, 0.4) is 0 Å². The lowest BCUT2D eigenvalue weighted by Gasteiger charge is -2.40. The quantitative estimate of drug-likeness (QED) is 0.792. The largest absolute Gasteiger partial charge is 0.399 e. The summed E-state index contributed by atoms with van der Waals surface area (Å²) in [5, 5.41) is 3.10. The Labute approximate surface area is 125 Å². The lowest BCUT2D eigenvalue weighted by molar-refractivity contribution is -0.121. The highest BCUT2D eigenvalue weighted by Crippen LogP contribution is 2.42. The third kappa shape index (κ3) is 3.69. The summed E-state index contributed by atoms with van der Waals surface area (Å²) in [6.45, 7) is 2.89. The summed E-state index contributed by atoms with van der Waals surface area (Å²) in [4.78, 5) is 12.1. The zero-order valence-electron chi connectivity index (χ0n) is 12.3. The van der Waals surface area contributed by atoms with Gasteiger partial charge in [-0.2, -0.15) is 11.8 Å². The zero-order chi connectivity index (χ0) is 14.6. The summed E-state index contributed by atoms with van der Waals surface area (Å²) in [6.07, 6.45) is 6.42. The van der Waals surface area contributed by atoms with E-state index in [4.69, 9.17) is 5.73 Å². The fourth-order valence-electron chi connectivity index (χ4n) is 2.58. The van der Waals surface area contributed by atoms with E-state index in [2.05, 4.69) is 18.5 Å². The first-order valence-corrected chi connectivity index (χ1v) is 8.44. The van der Waals surface area contributed by atoms with Gasteiger partial charge in [0.15, 0.2) is 0 Å². The molecule has 1 fully saturated rings. The first-order valence-electron chi connectivity index (χ1n) is 7.22. The fraction of sp³-hybridized carbons (Fsp3) is 0.562. The van der Waals surface area contributed by atoms with Gasteiger partial charge in [0.1, 0.15) is 0 Å². The Morgan fingerprint density at radius 1 is 1.40 bits per heavy atom. The van der Waals surface area contributed by atoms with Crippen LogP contribution in [-0.2, 0) is 4.79 Å². The highest BCUT2D eigenvalue weighted by Gasteiger charge is 2.36. The number of hydrogen-bond donors (Lipinski definition) is 2. The molecule has 1 amide bonds. The molecule has 1 unspecified atom stereocenters. The van der Waals surface area contributed by atoms with Crippen molar-refractivity contribution in [3.8, 4) is 0 Å². The third-order valence-electron chi connectivity index (χ3n) is 4.30. The zero-order valence-corrected chi connectivity index (χ0v) is 13.1. The second kappa shape index (κ2) is 6.53. The smallest absolute Gasteiger partial charge is 0.220 e. The monoisotopic (exact) mass is 292 g/mol. The molecule has 1 saturated carbocycles.